The zero-order valence-electron chi connectivity index (χ0n) is 14.6. The first-order valence-corrected chi connectivity index (χ1v) is 9.00. The van der Waals surface area contributed by atoms with Crippen LogP contribution < -0.4 is 16.6 Å². The number of unbranched alkanes of at least 4 members (excludes halogenated alkanes) is 1. The molecule has 4 rings (SSSR count). The summed E-state index contributed by atoms with van der Waals surface area (Å²) in [7, 11) is 0. The summed E-state index contributed by atoms with van der Waals surface area (Å²) >= 11 is 0. The third-order valence-electron chi connectivity index (χ3n) is 5.09. The van der Waals surface area contributed by atoms with Crippen molar-refractivity contribution < 1.29 is 5.11 Å². The lowest BCUT2D eigenvalue weighted by molar-refractivity contribution is 0.378. The van der Waals surface area contributed by atoms with E-state index in [1.165, 1.54) is 4.57 Å². The fourth-order valence-corrected chi connectivity index (χ4v) is 3.79. The number of H-pyrrole nitrogens is 2. The summed E-state index contributed by atoms with van der Waals surface area (Å²) < 4.78 is 1.25. The highest BCUT2D eigenvalue weighted by molar-refractivity contribution is 5.85. The summed E-state index contributed by atoms with van der Waals surface area (Å²) in [6, 6.07) is 7.52. The van der Waals surface area contributed by atoms with E-state index in [4.69, 9.17) is 0 Å². The van der Waals surface area contributed by atoms with Crippen LogP contribution in [0.2, 0.25) is 0 Å². The summed E-state index contributed by atoms with van der Waals surface area (Å²) in [4.78, 5) is 30.4. The second-order valence-corrected chi connectivity index (χ2v) is 6.70. The lowest BCUT2D eigenvalue weighted by Gasteiger charge is -2.25. The number of aromatic hydroxyl groups is 1. The molecule has 1 atom stereocenters. The van der Waals surface area contributed by atoms with Gasteiger partial charge in [0.1, 0.15) is 5.56 Å². The quantitative estimate of drug-likeness (QED) is 0.573. The second kappa shape index (κ2) is 6.49. The Hall–Kier alpha value is -2.80. The van der Waals surface area contributed by atoms with Gasteiger partial charge in [0.2, 0.25) is 5.88 Å². The Bertz CT molecular complexity index is 1080. The van der Waals surface area contributed by atoms with Gasteiger partial charge in [0.15, 0.2) is 0 Å². The van der Waals surface area contributed by atoms with Gasteiger partial charge in [-0.3, -0.25) is 14.3 Å². The van der Waals surface area contributed by atoms with Crippen molar-refractivity contribution in [2.24, 2.45) is 0 Å². The first-order valence-electron chi connectivity index (χ1n) is 9.00. The van der Waals surface area contributed by atoms with Crippen molar-refractivity contribution in [2.45, 2.75) is 38.8 Å². The summed E-state index contributed by atoms with van der Waals surface area (Å²) in [6.45, 7) is 3.07. The van der Waals surface area contributed by atoms with Gasteiger partial charge in [0.25, 0.3) is 5.56 Å². The van der Waals surface area contributed by atoms with Crippen LogP contribution in [-0.4, -0.2) is 26.2 Å². The number of aromatic amines is 2. The number of para-hydroxylation sites is 1. The van der Waals surface area contributed by atoms with E-state index in [1.54, 1.807) is 0 Å². The maximum absolute atomic E-state index is 12.5. The van der Waals surface area contributed by atoms with Gasteiger partial charge < -0.3 is 15.4 Å². The summed E-state index contributed by atoms with van der Waals surface area (Å²) in [5, 5.41) is 15.2. The molecule has 0 amide bonds. The number of benzene rings is 1. The molecule has 0 spiro atoms. The maximum atomic E-state index is 12.5. The monoisotopic (exact) mass is 354 g/mol. The van der Waals surface area contributed by atoms with Crippen molar-refractivity contribution >= 4 is 10.9 Å². The molecular formula is C19H22N4O3. The molecule has 0 saturated heterocycles. The molecule has 1 aliphatic heterocycles. The first-order chi connectivity index (χ1) is 12.6. The molecular weight excluding hydrogens is 332 g/mol. The minimum atomic E-state index is -0.572. The number of fused-ring (bicyclic) bond motifs is 3. The van der Waals surface area contributed by atoms with E-state index in [2.05, 4.69) is 21.4 Å². The summed E-state index contributed by atoms with van der Waals surface area (Å²) in [6.07, 6.45) is 2.47. The van der Waals surface area contributed by atoms with Crippen LogP contribution >= 0.6 is 0 Å². The highest BCUT2D eigenvalue weighted by Gasteiger charge is 2.30. The molecule has 0 aliphatic carbocycles. The topological polar surface area (TPSA) is 103 Å². The molecule has 0 fully saturated rings. The molecule has 2 aromatic heterocycles. The maximum Gasteiger partial charge on any atom is 0.331 e. The van der Waals surface area contributed by atoms with Crippen LogP contribution in [0.5, 0.6) is 5.88 Å². The van der Waals surface area contributed by atoms with Crippen LogP contribution in [0.4, 0.5) is 0 Å². The van der Waals surface area contributed by atoms with Crippen LogP contribution in [0.1, 0.15) is 42.6 Å². The van der Waals surface area contributed by atoms with Gasteiger partial charge in [-0.2, -0.15) is 0 Å². The first kappa shape index (κ1) is 16.7. The third kappa shape index (κ3) is 2.55. The van der Waals surface area contributed by atoms with Crippen LogP contribution in [0.3, 0.4) is 0 Å². The van der Waals surface area contributed by atoms with Gasteiger partial charge in [-0.05, 0) is 24.5 Å². The Kier molecular flexibility index (Phi) is 4.16. The fraction of sp³-hybridized carbons (Fsp3) is 0.368. The van der Waals surface area contributed by atoms with Crippen molar-refractivity contribution in [2.75, 3.05) is 6.54 Å². The smallest absolute Gasteiger partial charge is 0.331 e. The Balaban J connectivity index is 1.90. The molecule has 7 heteroatoms. The van der Waals surface area contributed by atoms with E-state index in [0.29, 0.717) is 13.1 Å². The van der Waals surface area contributed by atoms with Crippen LogP contribution in [0.15, 0.2) is 33.9 Å². The Morgan fingerprint density at radius 3 is 2.85 bits per heavy atom. The minimum absolute atomic E-state index is 0.188. The molecule has 7 nitrogen and oxygen atoms in total. The number of hydrogen-bond acceptors (Lipinski definition) is 4. The van der Waals surface area contributed by atoms with Gasteiger partial charge in [0.05, 0.1) is 6.04 Å². The largest absolute Gasteiger partial charge is 0.494 e. The van der Waals surface area contributed by atoms with E-state index < -0.39 is 17.3 Å². The fourth-order valence-electron chi connectivity index (χ4n) is 3.79. The molecule has 0 radical (unpaired) electrons. The average molecular weight is 354 g/mol. The Labute approximate surface area is 149 Å². The standard InChI is InChI=1S/C19H22N4O3/c1-2-3-10-23-18(25)14(17(24)22-19(23)26)16-15-12(8-9-20-16)11-6-4-5-7-13(11)21-15/h4-7,16,20-21,25H,2-3,8-10H2,1H3,(H,22,24,26)/t16-/m1/s1. The lowest BCUT2D eigenvalue weighted by atomic mass is 9.95. The number of hydrogen-bond donors (Lipinski definition) is 4. The van der Waals surface area contributed by atoms with Gasteiger partial charge >= 0.3 is 5.69 Å². The van der Waals surface area contributed by atoms with Crippen molar-refractivity contribution in [3.63, 3.8) is 0 Å². The summed E-state index contributed by atoms with van der Waals surface area (Å²) in [5.41, 5.74) is 2.09. The predicted octanol–water partition coefficient (Wildman–Crippen LogP) is 1.76. The van der Waals surface area contributed by atoms with Crippen molar-refractivity contribution in [1.82, 2.24) is 19.9 Å². The Morgan fingerprint density at radius 1 is 1.23 bits per heavy atom. The molecule has 3 aromatic rings. The zero-order valence-corrected chi connectivity index (χ0v) is 14.6. The minimum Gasteiger partial charge on any atom is -0.494 e. The van der Waals surface area contributed by atoms with Crippen LogP contribution in [-0.2, 0) is 13.0 Å². The normalized spacial score (nSPS) is 16.7. The van der Waals surface area contributed by atoms with Crippen molar-refractivity contribution in [1.29, 1.82) is 0 Å². The number of aromatic nitrogens is 3. The molecule has 4 N–H and O–H groups in total. The Morgan fingerprint density at radius 2 is 2.04 bits per heavy atom. The van der Waals surface area contributed by atoms with Gasteiger partial charge in [-0.25, -0.2) is 4.79 Å². The third-order valence-corrected chi connectivity index (χ3v) is 5.09. The predicted molar refractivity (Wildman–Crippen MR) is 99.7 cm³/mol. The van der Waals surface area contributed by atoms with Gasteiger partial charge in [-0.15, -0.1) is 0 Å². The number of nitrogens with one attached hydrogen (secondary N) is 3. The van der Waals surface area contributed by atoms with Crippen LogP contribution in [0.25, 0.3) is 10.9 Å². The molecule has 3 heterocycles. The second-order valence-electron chi connectivity index (χ2n) is 6.70. The van der Waals surface area contributed by atoms with E-state index in [1.807, 2.05) is 25.1 Å². The van der Waals surface area contributed by atoms with E-state index in [9.17, 15) is 14.7 Å². The average Bonchev–Trinajstić information content (AvgIpc) is 3.01. The molecule has 0 saturated carbocycles. The molecule has 136 valence electrons. The van der Waals surface area contributed by atoms with E-state index in [-0.39, 0.29) is 11.4 Å². The van der Waals surface area contributed by atoms with E-state index in [0.717, 1.165) is 41.4 Å². The van der Waals surface area contributed by atoms with Gasteiger partial charge in [0, 0.05) is 29.7 Å². The van der Waals surface area contributed by atoms with Crippen molar-refractivity contribution in [3.05, 3.63) is 61.9 Å². The zero-order chi connectivity index (χ0) is 18.3. The summed E-state index contributed by atoms with van der Waals surface area (Å²) in [5.74, 6) is -0.254. The SMILES string of the molecule is CCCCn1c(O)c([C@H]2NCCc3c2[nH]c2ccccc32)c(=O)[nH]c1=O. The van der Waals surface area contributed by atoms with Crippen molar-refractivity contribution in [3.8, 4) is 5.88 Å². The molecule has 1 aromatic carbocycles. The highest BCUT2D eigenvalue weighted by Crippen LogP contribution is 2.34. The van der Waals surface area contributed by atoms with Crippen LogP contribution in [0, 0.1) is 0 Å². The number of nitrogens with zero attached hydrogens (tertiary/aromatic N) is 1. The molecule has 26 heavy (non-hydrogen) atoms. The number of rotatable bonds is 4. The van der Waals surface area contributed by atoms with E-state index >= 15 is 0 Å². The molecule has 0 bridgehead atoms. The molecule has 1 aliphatic rings. The highest BCUT2D eigenvalue weighted by atomic mass is 16.3. The van der Waals surface area contributed by atoms with Gasteiger partial charge in [-0.1, -0.05) is 31.5 Å². The molecule has 0 unspecified atom stereocenters. The lowest BCUT2D eigenvalue weighted by Crippen LogP contribution is -2.39.